The van der Waals surface area contributed by atoms with Crippen LogP contribution in [0.4, 0.5) is 0 Å². The van der Waals surface area contributed by atoms with Crippen LogP contribution in [0.3, 0.4) is 0 Å². The molecular formula is C23H32LiO2P. The molecule has 4 heteroatoms. The van der Waals surface area contributed by atoms with E-state index in [-0.39, 0.29) is 34.4 Å². The van der Waals surface area contributed by atoms with E-state index in [2.05, 4.69) is 33.8 Å². The molecule has 27 heavy (non-hydrogen) atoms. The molecule has 0 spiro atoms. The number of ether oxygens (including phenoxy) is 1. The number of carbonyl (C=O) groups is 1. The molecule has 2 aromatic carbocycles. The molecule has 0 aliphatic heterocycles. The Balaban J connectivity index is 0.00000364. The number of carbonyl (C=O) groups excluding carboxylic acids is 1. The molecule has 0 fully saturated rings. The van der Waals surface area contributed by atoms with Crippen LogP contribution in [0.2, 0.25) is 0 Å². The number of aryl methyl sites for hydroxylation is 2. The first kappa shape index (κ1) is 24.0. The first-order valence-corrected chi connectivity index (χ1v) is 10.6. The van der Waals surface area contributed by atoms with Gasteiger partial charge in [0.2, 0.25) is 0 Å². The van der Waals surface area contributed by atoms with Crippen LogP contribution in [0.5, 0.6) is 5.75 Å². The Bertz CT molecular complexity index is 760. The molecule has 0 radical (unpaired) electrons. The van der Waals surface area contributed by atoms with Crippen molar-refractivity contribution in [3.63, 3.8) is 0 Å². The summed E-state index contributed by atoms with van der Waals surface area (Å²) in [6, 6.07) is 10.1. The van der Waals surface area contributed by atoms with Gasteiger partial charge in [-0.2, -0.15) is 0 Å². The van der Waals surface area contributed by atoms with Crippen molar-refractivity contribution in [2.45, 2.75) is 60.3 Å². The molecule has 0 amide bonds. The second-order valence-corrected chi connectivity index (χ2v) is 8.30. The van der Waals surface area contributed by atoms with Gasteiger partial charge in [0.1, 0.15) is 5.75 Å². The van der Waals surface area contributed by atoms with E-state index in [1.165, 1.54) is 30.4 Å². The quantitative estimate of drug-likeness (QED) is 0.381. The molecular weight excluding hydrogens is 346 g/mol. The first-order valence-electron chi connectivity index (χ1n) is 9.55. The second kappa shape index (κ2) is 11.7. The summed E-state index contributed by atoms with van der Waals surface area (Å²) in [5, 5.41) is 1.06. The minimum Gasteiger partial charge on any atom is -1.00 e. The molecule has 0 aromatic heterocycles. The van der Waals surface area contributed by atoms with Crippen molar-refractivity contribution >= 4 is 19.4 Å². The van der Waals surface area contributed by atoms with Crippen molar-refractivity contribution in [3.8, 4) is 5.75 Å². The molecule has 0 saturated heterocycles. The Labute approximate surface area is 179 Å². The monoisotopic (exact) mass is 378 g/mol. The van der Waals surface area contributed by atoms with Gasteiger partial charge < -0.3 is 6.16 Å². The Kier molecular flexibility index (Phi) is 10.4. The number of hydrogen-bond acceptors (Lipinski definition) is 2. The second-order valence-electron chi connectivity index (χ2n) is 7.02. The molecule has 1 atom stereocenters. The fourth-order valence-electron chi connectivity index (χ4n) is 3.18. The van der Waals surface area contributed by atoms with E-state index < -0.39 is 0 Å². The molecule has 2 aromatic rings. The average molecular weight is 378 g/mol. The number of unbranched alkanes of at least 4 members (excludes halogenated alkanes) is 3. The van der Waals surface area contributed by atoms with Crippen LogP contribution in [-0.2, 0) is 0 Å². The van der Waals surface area contributed by atoms with Gasteiger partial charge >= 0.3 is 18.9 Å². The SMILES string of the molecule is CCCCCCOc1ccc(PC(=O)c2c(C)cc(C)c(C)c2C)cc1.[H-].[Li+]. The molecule has 0 aliphatic carbocycles. The summed E-state index contributed by atoms with van der Waals surface area (Å²) >= 11 is 0. The number of hydrogen-bond donors (Lipinski definition) is 0. The third-order valence-electron chi connectivity index (χ3n) is 4.96. The van der Waals surface area contributed by atoms with Crippen molar-refractivity contribution in [2.75, 3.05) is 6.61 Å². The van der Waals surface area contributed by atoms with E-state index in [9.17, 15) is 4.79 Å². The smallest absolute Gasteiger partial charge is 1.00 e. The van der Waals surface area contributed by atoms with Gasteiger partial charge in [-0.3, -0.25) is 4.79 Å². The summed E-state index contributed by atoms with van der Waals surface area (Å²) in [6.07, 6.45) is 4.83. The van der Waals surface area contributed by atoms with E-state index in [0.29, 0.717) is 0 Å². The van der Waals surface area contributed by atoms with Gasteiger partial charge in [-0.15, -0.1) is 0 Å². The molecule has 142 valence electrons. The van der Waals surface area contributed by atoms with Crippen molar-refractivity contribution < 1.29 is 29.8 Å². The van der Waals surface area contributed by atoms with Gasteiger partial charge in [0, 0.05) is 5.56 Å². The van der Waals surface area contributed by atoms with Crippen LogP contribution < -0.4 is 28.9 Å². The zero-order chi connectivity index (χ0) is 19.1. The summed E-state index contributed by atoms with van der Waals surface area (Å²) in [5.41, 5.74) is 5.78. The Hall–Kier alpha value is -1.06. The Morgan fingerprint density at radius 3 is 2.26 bits per heavy atom. The van der Waals surface area contributed by atoms with Crippen molar-refractivity contribution in [3.05, 3.63) is 58.1 Å². The molecule has 1 unspecified atom stereocenters. The predicted molar refractivity (Wildman–Crippen MR) is 115 cm³/mol. The third-order valence-corrected chi connectivity index (χ3v) is 6.06. The maximum atomic E-state index is 12.9. The Morgan fingerprint density at radius 1 is 0.963 bits per heavy atom. The number of rotatable bonds is 9. The molecule has 0 heterocycles. The van der Waals surface area contributed by atoms with Gasteiger partial charge in [-0.1, -0.05) is 44.4 Å². The molecule has 0 bridgehead atoms. The van der Waals surface area contributed by atoms with Crippen LogP contribution in [-0.4, -0.2) is 12.1 Å². The summed E-state index contributed by atoms with van der Waals surface area (Å²) in [4.78, 5) is 12.9. The zero-order valence-corrected chi connectivity index (χ0v) is 18.7. The predicted octanol–water partition coefficient (Wildman–Crippen LogP) is 3.14. The molecule has 2 rings (SSSR count). The van der Waals surface area contributed by atoms with Crippen LogP contribution in [0.1, 0.15) is 66.6 Å². The summed E-state index contributed by atoms with van der Waals surface area (Å²) in [5.74, 6) is 0.890. The van der Waals surface area contributed by atoms with Gasteiger partial charge in [-0.05, 0) is 82.4 Å². The van der Waals surface area contributed by atoms with Crippen LogP contribution in [0, 0.1) is 27.7 Å². The Morgan fingerprint density at radius 2 is 1.63 bits per heavy atom. The van der Waals surface area contributed by atoms with Crippen LogP contribution in [0.15, 0.2) is 30.3 Å². The minimum absolute atomic E-state index is 0. The van der Waals surface area contributed by atoms with Gasteiger partial charge in [0.05, 0.1) is 6.61 Å². The molecule has 2 nitrogen and oxygen atoms in total. The summed E-state index contributed by atoms with van der Waals surface area (Å²) in [7, 11) is 0.146. The van der Waals surface area contributed by atoms with E-state index in [1.807, 2.05) is 31.2 Å². The topological polar surface area (TPSA) is 26.3 Å². The summed E-state index contributed by atoms with van der Waals surface area (Å²) in [6.45, 7) is 11.3. The van der Waals surface area contributed by atoms with Crippen molar-refractivity contribution in [1.82, 2.24) is 0 Å². The first-order chi connectivity index (χ1) is 12.4. The van der Waals surface area contributed by atoms with Gasteiger partial charge in [0.25, 0.3) is 0 Å². The molecule has 0 saturated carbocycles. The van der Waals surface area contributed by atoms with Crippen molar-refractivity contribution in [1.29, 1.82) is 0 Å². The van der Waals surface area contributed by atoms with E-state index >= 15 is 0 Å². The average Bonchev–Trinajstić information content (AvgIpc) is 2.61. The fourth-order valence-corrected chi connectivity index (χ4v) is 4.29. The fraction of sp³-hybridized carbons (Fsp3) is 0.435. The largest absolute Gasteiger partial charge is 1.00 e. The third kappa shape index (κ3) is 6.80. The van der Waals surface area contributed by atoms with Gasteiger partial charge in [-0.25, -0.2) is 0 Å². The van der Waals surface area contributed by atoms with Crippen LogP contribution >= 0.6 is 8.58 Å². The van der Waals surface area contributed by atoms with Gasteiger partial charge in [0.15, 0.2) is 5.52 Å². The van der Waals surface area contributed by atoms with E-state index in [4.69, 9.17) is 4.74 Å². The van der Waals surface area contributed by atoms with Crippen LogP contribution in [0.25, 0.3) is 0 Å². The minimum atomic E-state index is 0. The standard InChI is InChI=1S/C23H31O2P.Li.H/c1-6-7-8-9-14-25-20-10-12-21(13-11-20)26-23(24)22-17(3)15-16(2)18(4)19(22)5;;/h10-13,15,26H,6-9,14H2,1-5H3;;/q;+1;-1. The van der Waals surface area contributed by atoms with Crippen molar-refractivity contribution in [2.24, 2.45) is 0 Å². The normalized spacial score (nSPS) is 10.9. The maximum absolute atomic E-state index is 12.9. The van der Waals surface area contributed by atoms with E-state index in [0.717, 1.165) is 40.8 Å². The summed E-state index contributed by atoms with van der Waals surface area (Å²) < 4.78 is 5.78. The molecule has 0 aliphatic rings. The zero-order valence-electron chi connectivity index (χ0n) is 18.7. The van der Waals surface area contributed by atoms with E-state index in [1.54, 1.807) is 0 Å². The maximum Gasteiger partial charge on any atom is 1.00 e. The number of benzene rings is 2. The molecule has 0 N–H and O–H groups in total.